The van der Waals surface area contributed by atoms with Crippen molar-refractivity contribution in [1.82, 2.24) is 10.3 Å². The molecule has 1 unspecified atom stereocenters. The number of hydrogen-bond donors (Lipinski definition) is 1. The molecule has 0 aliphatic heterocycles. The summed E-state index contributed by atoms with van der Waals surface area (Å²) in [4.78, 5) is 4.88. The average Bonchev–Trinajstić information content (AvgIpc) is 3.24. The van der Waals surface area contributed by atoms with Crippen LogP contribution in [-0.2, 0) is 0 Å². The van der Waals surface area contributed by atoms with Crippen molar-refractivity contribution in [3.8, 4) is 0 Å². The first-order valence-electron chi connectivity index (χ1n) is 7.08. The molecule has 19 heavy (non-hydrogen) atoms. The molecule has 1 atom stereocenters. The van der Waals surface area contributed by atoms with Crippen LogP contribution < -0.4 is 5.32 Å². The topological polar surface area (TPSA) is 24.9 Å². The molecule has 2 aromatic rings. The summed E-state index contributed by atoms with van der Waals surface area (Å²) in [7, 11) is 0. The largest absolute Gasteiger partial charge is 0.308 e. The van der Waals surface area contributed by atoms with Crippen LogP contribution in [0, 0.1) is 5.92 Å². The van der Waals surface area contributed by atoms with E-state index in [-0.39, 0.29) is 0 Å². The van der Waals surface area contributed by atoms with Crippen LogP contribution in [0.3, 0.4) is 0 Å². The first kappa shape index (κ1) is 13.1. The number of para-hydroxylation sites is 1. The van der Waals surface area contributed by atoms with Crippen molar-refractivity contribution in [3.63, 3.8) is 0 Å². The molecule has 0 bridgehead atoms. The van der Waals surface area contributed by atoms with Gasteiger partial charge < -0.3 is 5.32 Å². The van der Waals surface area contributed by atoms with Crippen molar-refractivity contribution in [3.05, 3.63) is 40.5 Å². The average molecular weight is 319 g/mol. The van der Waals surface area contributed by atoms with Gasteiger partial charge in [0.05, 0.1) is 17.3 Å². The summed E-state index contributed by atoms with van der Waals surface area (Å²) in [6, 6.07) is 10.9. The Morgan fingerprint density at radius 1 is 1.37 bits per heavy atom. The van der Waals surface area contributed by atoms with Crippen molar-refractivity contribution >= 4 is 26.8 Å². The van der Waals surface area contributed by atoms with Gasteiger partial charge in [-0.15, -0.1) is 0 Å². The van der Waals surface area contributed by atoms with Crippen LogP contribution in [0.4, 0.5) is 0 Å². The summed E-state index contributed by atoms with van der Waals surface area (Å²) < 4.78 is 1.13. The second-order valence-electron chi connectivity index (χ2n) is 5.32. The van der Waals surface area contributed by atoms with Crippen LogP contribution in [-0.4, -0.2) is 11.5 Å². The first-order chi connectivity index (χ1) is 9.29. The Labute approximate surface area is 122 Å². The Kier molecular flexibility index (Phi) is 3.85. The number of halogens is 1. The third-order valence-electron chi connectivity index (χ3n) is 3.71. The molecule has 100 valence electrons. The summed E-state index contributed by atoms with van der Waals surface area (Å²) in [5, 5.41) is 4.86. The van der Waals surface area contributed by atoms with E-state index in [0.29, 0.717) is 6.04 Å². The number of benzene rings is 1. The van der Waals surface area contributed by atoms with Gasteiger partial charge in [-0.1, -0.05) is 25.1 Å². The van der Waals surface area contributed by atoms with Crippen LogP contribution in [0.15, 0.2) is 34.8 Å². The third kappa shape index (κ3) is 2.82. The number of nitrogens with zero attached hydrogens (tertiary/aromatic N) is 1. The predicted molar refractivity (Wildman–Crippen MR) is 83.2 cm³/mol. The standard InChI is InChI=1S/C16H19BrN2/c1-2-9-18-15(11-7-8-11)16-13(17)10-12-5-3-4-6-14(12)19-16/h3-6,10-11,15,18H,2,7-9H2,1H3. The lowest BCUT2D eigenvalue weighted by atomic mass is 10.1. The van der Waals surface area contributed by atoms with E-state index in [2.05, 4.69) is 58.5 Å². The van der Waals surface area contributed by atoms with Crippen molar-refractivity contribution in [1.29, 1.82) is 0 Å². The number of hydrogen-bond acceptors (Lipinski definition) is 2. The zero-order valence-corrected chi connectivity index (χ0v) is 12.8. The minimum atomic E-state index is 0.402. The third-order valence-corrected chi connectivity index (χ3v) is 4.34. The highest BCUT2D eigenvalue weighted by molar-refractivity contribution is 9.10. The minimum absolute atomic E-state index is 0.402. The maximum atomic E-state index is 4.88. The van der Waals surface area contributed by atoms with Gasteiger partial charge in [0.15, 0.2) is 0 Å². The van der Waals surface area contributed by atoms with E-state index in [1.54, 1.807) is 0 Å². The fourth-order valence-electron chi connectivity index (χ4n) is 2.54. The second kappa shape index (κ2) is 5.59. The van der Waals surface area contributed by atoms with Gasteiger partial charge in [-0.3, -0.25) is 0 Å². The second-order valence-corrected chi connectivity index (χ2v) is 6.17. The maximum absolute atomic E-state index is 4.88. The zero-order valence-electron chi connectivity index (χ0n) is 11.2. The highest BCUT2D eigenvalue weighted by atomic mass is 79.9. The Morgan fingerprint density at radius 3 is 2.89 bits per heavy atom. The van der Waals surface area contributed by atoms with Crippen LogP contribution >= 0.6 is 15.9 Å². The number of pyridine rings is 1. The fraction of sp³-hybridized carbons (Fsp3) is 0.438. The maximum Gasteiger partial charge on any atom is 0.0725 e. The van der Waals surface area contributed by atoms with E-state index in [1.165, 1.54) is 23.9 Å². The van der Waals surface area contributed by atoms with E-state index in [1.807, 2.05) is 0 Å². The van der Waals surface area contributed by atoms with E-state index in [4.69, 9.17) is 4.98 Å². The van der Waals surface area contributed by atoms with Crippen molar-refractivity contribution in [2.75, 3.05) is 6.54 Å². The summed E-state index contributed by atoms with van der Waals surface area (Å²) in [5.74, 6) is 0.761. The van der Waals surface area contributed by atoms with Crippen molar-refractivity contribution in [2.45, 2.75) is 32.2 Å². The molecule has 1 fully saturated rings. The predicted octanol–water partition coefficient (Wildman–Crippen LogP) is 4.45. The molecule has 3 rings (SSSR count). The quantitative estimate of drug-likeness (QED) is 0.881. The molecule has 1 aromatic heterocycles. The molecule has 1 saturated carbocycles. The molecule has 0 amide bonds. The molecular formula is C16H19BrN2. The Bertz CT molecular complexity index is 578. The van der Waals surface area contributed by atoms with Gasteiger partial charge in [0, 0.05) is 9.86 Å². The molecule has 0 radical (unpaired) electrons. The van der Waals surface area contributed by atoms with E-state index >= 15 is 0 Å². The van der Waals surface area contributed by atoms with Crippen molar-refractivity contribution in [2.24, 2.45) is 5.92 Å². The molecular weight excluding hydrogens is 300 g/mol. The van der Waals surface area contributed by atoms with Gasteiger partial charge in [0.25, 0.3) is 0 Å². The van der Waals surface area contributed by atoms with Gasteiger partial charge in [-0.2, -0.15) is 0 Å². The monoisotopic (exact) mass is 318 g/mol. The smallest absolute Gasteiger partial charge is 0.0725 e. The van der Waals surface area contributed by atoms with Crippen LogP contribution in [0.5, 0.6) is 0 Å². The summed E-state index contributed by atoms with van der Waals surface area (Å²) in [6.07, 6.45) is 3.80. The van der Waals surface area contributed by atoms with Crippen LogP contribution in [0.2, 0.25) is 0 Å². The number of rotatable bonds is 5. The lowest BCUT2D eigenvalue weighted by Gasteiger charge is -2.19. The number of aromatic nitrogens is 1. The van der Waals surface area contributed by atoms with E-state index < -0.39 is 0 Å². The van der Waals surface area contributed by atoms with Gasteiger partial charge in [0.2, 0.25) is 0 Å². The van der Waals surface area contributed by atoms with Gasteiger partial charge in [0.1, 0.15) is 0 Å². The summed E-state index contributed by atoms with van der Waals surface area (Å²) in [5.41, 5.74) is 2.26. The first-order valence-corrected chi connectivity index (χ1v) is 7.87. The molecule has 1 aliphatic rings. The fourth-order valence-corrected chi connectivity index (χ4v) is 3.12. The van der Waals surface area contributed by atoms with Crippen molar-refractivity contribution < 1.29 is 0 Å². The van der Waals surface area contributed by atoms with Gasteiger partial charge >= 0.3 is 0 Å². The van der Waals surface area contributed by atoms with Crippen LogP contribution in [0.1, 0.15) is 37.9 Å². The van der Waals surface area contributed by atoms with Gasteiger partial charge in [-0.05, 0) is 59.8 Å². The molecule has 0 spiro atoms. The molecule has 1 heterocycles. The van der Waals surface area contributed by atoms with Gasteiger partial charge in [-0.25, -0.2) is 4.98 Å². The summed E-state index contributed by atoms with van der Waals surface area (Å²) in [6.45, 7) is 3.27. The molecule has 0 saturated heterocycles. The SMILES string of the molecule is CCCNC(c1nc2ccccc2cc1Br)C1CC1. The molecule has 1 aromatic carbocycles. The molecule has 2 nitrogen and oxygen atoms in total. The molecule has 1 N–H and O–H groups in total. The molecule has 3 heteroatoms. The zero-order chi connectivity index (χ0) is 13.2. The normalized spacial score (nSPS) is 16.7. The number of fused-ring (bicyclic) bond motifs is 1. The number of nitrogens with one attached hydrogen (secondary N) is 1. The molecule has 1 aliphatic carbocycles. The summed E-state index contributed by atoms with van der Waals surface area (Å²) >= 11 is 3.70. The van der Waals surface area contributed by atoms with Crippen LogP contribution in [0.25, 0.3) is 10.9 Å². The van der Waals surface area contributed by atoms with E-state index in [9.17, 15) is 0 Å². The highest BCUT2D eigenvalue weighted by Gasteiger charge is 2.33. The van der Waals surface area contributed by atoms with E-state index in [0.717, 1.165) is 28.9 Å². The lowest BCUT2D eigenvalue weighted by Crippen LogP contribution is -2.25. The highest BCUT2D eigenvalue weighted by Crippen LogP contribution is 2.42. The Morgan fingerprint density at radius 2 is 2.16 bits per heavy atom. The lowest BCUT2D eigenvalue weighted by molar-refractivity contribution is 0.470. The Balaban J connectivity index is 1.99. The Hall–Kier alpha value is -0.930. The minimum Gasteiger partial charge on any atom is -0.308 e.